The lowest BCUT2D eigenvalue weighted by molar-refractivity contribution is -0.140. The fourth-order valence-corrected chi connectivity index (χ4v) is 2.64. The summed E-state index contributed by atoms with van der Waals surface area (Å²) in [7, 11) is 0. The van der Waals surface area contributed by atoms with E-state index in [0.29, 0.717) is 6.42 Å². The summed E-state index contributed by atoms with van der Waals surface area (Å²) in [4.78, 5) is 11.2. The monoisotopic (exact) mass is 180 g/mol. The minimum Gasteiger partial charge on any atom is -0.457 e. The van der Waals surface area contributed by atoms with Crippen molar-refractivity contribution in [2.75, 3.05) is 0 Å². The number of hydrogen-bond donors (Lipinski definition) is 0. The molecular formula is C11H16O2. The van der Waals surface area contributed by atoms with Gasteiger partial charge >= 0.3 is 5.97 Å². The zero-order chi connectivity index (χ0) is 9.69. The Hall–Kier alpha value is -0.790. The van der Waals surface area contributed by atoms with Crippen LogP contribution in [0, 0.1) is 10.8 Å². The van der Waals surface area contributed by atoms with E-state index >= 15 is 0 Å². The second-order valence-corrected chi connectivity index (χ2v) is 5.27. The molecule has 13 heavy (non-hydrogen) atoms. The van der Waals surface area contributed by atoms with Crippen molar-refractivity contribution < 1.29 is 9.53 Å². The van der Waals surface area contributed by atoms with Gasteiger partial charge in [0.15, 0.2) is 0 Å². The van der Waals surface area contributed by atoms with Gasteiger partial charge in [-0.2, -0.15) is 0 Å². The van der Waals surface area contributed by atoms with Gasteiger partial charge in [0.25, 0.3) is 0 Å². The summed E-state index contributed by atoms with van der Waals surface area (Å²) in [6, 6.07) is 0. The average Bonchev–Trinajstić information content (AvgIpc) is 2.20. The van der Waals surface area contributed by atoms with Crippen LogP contribution in [0.25, 0.3) is 0 Å². The Morgan fingerprint density at radius 2 is 2.15 bits per heavy atom. The topological polar surface area (TPSA) is 26.3 Å². The van der Waals surface area contributed by atoms with Crippen LogP contribution in [0.3, 0.4) is 0 Å². The zero-order valence-electron chi connectivity index (χ0n) is 8.46. The van der Waals surface area contributed by atoms with Crippen molar-refractivity contribution in [3.63, 3.8) is 0 Å². The second-order valence-electron chi connectivity index (χ2n) is 5.27. The van der Waals surface area contributed by atoms with Crippen LogP contribution in [-0.2, 0) is 9.53 Å². The minimum atomic E-state index is -0.0464. The molecule has 0 bridgehead atoms. The molecule has 0 spiro atoms. The molecule has 0 aromatic rings. The fourth-order valence-electron chi connectivity index (χ4n) is 2.64. The second kappa shape index (κ2) is 2.37. The molecule has 1 saturated heterocycles. The zero-order valence-corrected chi connectivity index (χ0v) is 8.46. The predicted molar refractivity (Wildman–Crippen MR) is 50.1 cm³/mol. The number of hydrogen-bond acceptors (Lipinski definition) is 2. The first kappa shape index (κ1) is 8.79. The normalized spacial score (nSPS) is 41.5. The highest BCUT2D eigenvalue weighted by molar-refractivity contribution is 5.73. The lowest BCUT2D eigenvalue weighted by Crippen LogP contribution is -2.35. The molecule has 2 heteroatoms. The van der Waals surface area contributed by atoms with Crippen molar-refractivity contribution in [1.29, 1.82) is 0 Å². The lowest BCUT2D eigenvalue weighted by Gasteiger charge is -2.38. The van der Waals surface area contributed by atoms with Gasteiger partial charge in [0.1, 0.15) is 6.10 Å². The van der Waals surface area contributed by atoms with Gasteiger partial charge in [0.05, 0.1) is 6.42 Å². The molecule has 0 radical (unpaired) electrons. The Kier molecular flexibility index (Phi) is 1.60. The van der Waals surface area contributed by atoms with Gasteiger partial charge in [-0.3, -0.25) is 4.79 Å². The predicted octanol–water partition coefficient (Wildman–Crippen LogP) is 2.29. The number of allylic oxidation sites excluding steroid dienone is 1. The number of ether oxygens (including phenoxy) is 1. The summed E-state index contributed by atoms with van der Waals surface area (Å²) in [5.41, 5.74) is 0.245. The van der Waals surface area contributed by atoms with Crippen LogP contribution in [-0.4, -0.2) is 12.1 Å². The molecule has 1 aliphatic heterocycles. The highest BCUT2D eigenvalue weighted by Gasteiger charge is 2.48. The van der Waals surface area contributed by atoms with E-state index in [1.807, 2.05) is 0 Å². The highest BCUT2D eigenvalue weighted by Crippen LogP contribution is 2.48. The van der Waals surface area contributed by atoms with Gasteiger partial charge < -0.3 is 4.74 Å². The van der Waals surface area contributed by atoms with Crippen LogP contribution in [0.1, 0.15) is 33.6 Å². The Labute approximate surface area is 79.0 Å². The van der Waals surface area contributed by atoms with E-state index < -0.39 is 0 Å². The van der Waals surface area contributed by atoms with Crippen LogP contribution in [0.15, 0.2) is 12.2 Å². The van der Waals surface area contributed by atoms with Crippen molar-refractivity contribution in [1.82, 2.24) is 0 Å². The summed E-state index contributed by atoms with van der Waals surface area (Å²) < 4.78 is 5.24. The lowest BCUT2D eigenvalue weighted by atomic mass is 9.66. The summed E-state index contributed by atoms with van der Waals surface area (Å²) in [6.45, 7) is 6.55. The van der Waals surface area contributed by atoms with Crippen LogP contribution < -0.4 is 0 Å². The molecule has 0 amide bonds. The Morgan fingerprint density at radius 1 is 1.46 bits per heavy atom. The van der Waals surface area contributed by atoms with Crippen molar-refractivity contribution >= 4 is 5.97 Å². The van der Waals surface area contributed by atoms with Crippen LogP contribution in [0.5, 0.6) is 0 Å². The number of rotatable bonds is 0. The molecular weight excluding hydrogens is 164 g/mol. The fraction of sp³-hybridized carbons (Fsp3) is 0.727. The number of carbonyl (C=O) groups is 1. The molecule has 0 aromatic carbocycles. The molecule has 0 aromatic heterocycles. The van der Waals surface area contributed by atoms with E-state index in [4.69, 9.17) is 4.74 Å². The smallest absolute Gasteiger partial charge is 0.307 e. The first-order valence-electron chi connectivity index (χ1n) is 4.80. The van der Waals surface area contributed by atoms with Gasteiger partial charge in [-0.25, -0.2) is 0 Å². The van der Waals surface area contributed by atoms with Crippen molar-refractivity contribution in [2.45, 2.75) is 39.7 Å². The molecule has 0 saturated carbocycles. The molecule has 1 fully saturated rings. The van der Waals surface area contributed by atoms with Crippen LogP contribution in [0.4, 0.5) is 0 Å². The van der Waals surface area contributed by atoms with Gasteiger partial charge in [-0.1, -0.05) is 26.8 Å². The number of esters is 1. The molecule has 1 aliphatic carbocycles. The highest BCUT2D eigenvalue weighted by atomic mass is 16.6. The van der Waals surface area contributed by atoms with Crippen LogP contribution in [0.2, 0.25) is 0 Å². The van der Waals surface area contributed by atoms with Crippen LogP contribution >= 0.6 is 0 Å². The molecule has 2 atom stereocenters. The SMILES string of the molecule is CC1(C)C=C[C@H]2OC(=O)C[C@@]2(C)C1. The molecule has 2 aliphatic rings. The number of carbonyl (C=O) groups excluding carboxylic acids is 1. The number of fused-ring (bicyclic) bond motifs is 1. The molecule has 2 rings (SSSR count). The van der Waals surface area contributed by atoms with E-state index in [0.717, 1.165) is 6.42 Å². The molecule has 72 valence electrons. The minimum absolute atomic E-state index is 0.0213. The van der Waals surface area contributed by atoms with E-state index in [2.05, 4.69) is 32.9 Å². The first-order chi connectivity index (χ1) is 5.91. The first-order valence-corrected chi connectivity index (χ1v) is 4.80. The van der Waals surface area contributed by atoms with E-state index in [1.165, 1.54) is 0 Å². The van der Waals surface area contributed by atoms with Gasteiger partial charge in [0.2, 0.25) is 0 Å². The molecule has 0 N–H and O–H groups in total. The largest absolute Gasteiger partial charge is 0.457 e. The average molecular weight is 180 g/mol. The quantitative estimate of drug-likeness (QED) is 0.422. The maximum absolute atomic E-state index is 11.2. The Bertz CT molecular complexity index is 278. The third-order valence-corrected chi connectivity index (χ3v) is 3.08. The molecule has 1 heterocycles. The molecule has 2 nitrogen and oxygen atoms in total. The van der Waals surface area contributed by atoms with Crippen molar-refractivity contribution in [2.24, 2.45) is 10.8 Å². The van der Waals surface area contributed by atoms with E-state index in [-0.39, 0.29) is 22.9 Å². The van der Waals surface area contributed by atoms with E-state index in [1.54, 1.807) is 0 Å². The van der Waals surface area contributed by atoms with Gasteiger partial charge in [-0.05, 0) is 17.9 Å². The summed E-state index contributed by atoms with van der Waals surface area (Å²) in [6.07, 6.45) is 5.85. The van der Waals surface area contributed by atoms with Gasteiger partial charge in [0, 0.05) is 5.41 Å². The van der Waals surface area contributed by atoms with Crippen molar-refractivity contribution in [3.8, 4) is 0 Å². The maximum atomic E-state index is 11.2. The third-order valence-electron chi connectivity index (χ3n) is 3.08. The molecule has 0 unspecified atom stereocenters. The van der Waals surface area contributed by atoms with E-state index in [9.17, 15) is 4.79 Å². The summed E-state index contributed by atoms with van der Waals surface area (Å²) in [5.74, 6) is -0.0464. The van der Waals surface area contributed by atoms with Gasteiger partial charge in [-0.15, -0.1) is 0 Å². The standard InChI is InChI=1S/C11H16O2/c1-10(2)5-4-8-11(3,7-10)6-9(12)13-8/h4-5,8H,6-7H2,1-3H3/t8-,11+/m1/s1. The maximum Gasteiger partial charge on any atom is 0.307 e. The summed E-state index contributed by atoms with van der Waals surface area (Å²) >= 11 is 0. The van der Waals surface area contributed by atoms with Crippen molar-refractivity contribution in [3.05, 3.63) is 12.2 Å². The Balaban J connectivity index is 2.30. The third kappa shape index (κ3) is 1.38. The Morgan fingerprint density at radius 3 is 2.85 bits per heavy atom. The summed E-state index contributed by atoms with van der Waals surface area (Å²) in [5, 5.41) is 0.